The molecule has 4 N–H and O–H groups in total. The zero-order valence-electron chi connectivity index (χ0n) is 20.7. The Hall–Kier alpha value is -4.63. The number of amides is 2. The van der Waals surface area contributed by atoms with Gasteiger partial charge in [-0.25, -0.2) is 9.07 Å². The third-order valence-corrected chi connectivity index (χ3v) is 6.79. The van der Waals surface area contributed by atoms with E-state index in [9.17, 15) is 19.1 Å². The number of benzene rings is 1. The van der Waals surface area contributed by atoms with Gasteiger partial charge in [-0.05, 0) is 19.4 Å². The van der Waals surface area contributed by atoms with Crippen LogP contribution in [-0.2, 0) is 14.3 Å². The quantitative estimate of drug-likeness (QED) is 0.318. The van der Waals surface area contributed by atoms with E-state index in [-0.39, 0.29) is 35.6 Å². The standard InChI is InChI=1S/C24H24FN9O5/c1-24(37,23(36)28-13-9-15(25)19-16(10-13)39-31-21(19)26)20-22(35)33(7-8-38-20)17-3-6-34(30-17)14-11-18(29-27-12-14)32-4-2-5-32/h3,6,9-12,20,37H,2,4-5,7-8H2,1H3,(H2,26,31)(H,28,36)/t20-,24+/m0/s1. The molecule has 2 aliphatic heterocycles. The monoisotopic (exact) mass is 537 g/mol. The topological polar surface area (TPSA) is 178 Å². The highest BCUT2D eigenvalue weighted by Gasteiger charge is 2.49. The van der Waals surface area contributed by atoms with Crippen LogP contribution in [0.5, 0.6) is 0 Å². The highest BCUT2D eigenvalue weighted by molar-refractivity contribution is 6.06. The number of aliphatic hydroxyl groups is 1. The summed E-state index contributed by atoms with van der Waals surface area (Å²) in [4.78, 5) is 29.8. The van der Waals surface area contributed by atoms with Crippen LogP contribution < -0.4 is 20.9 Å². The summed E-state index contributed by atoms with van der Waals surface area (Å²) in [6, 6.07) is 5.81. The minimum atomic E-state index is -2.31. The Bertz CT molecular complexity index is 1580. The number of ether oxygens (including phenoxy) is 1. The van der Waals surface area contributed by atoms with Gasteiger partial charge < -0.3 is 30.3 Å². The molecule has 2 amide bonds. The number of aromatic nitrogens is 5. The highest BCUT2D eigenvalue weighted by atomic mass is 19.1. The Morgan fingerprint density at radius 1 is 1.26 bits per heavy atom. The smallest absolute Gasteiger partial charge is 0.260 e. The molecule has 2 fully saturated rings. The average molecular weight is 538 g/mol. The first-order valence-electron chi connectivity index (χ1n) is 12.2. The van der Waals surface area contributed by atoms with Crippen LogP contribution in [0.25, 0.3) is 16.7 Å². The first-order chi connectivity index (χ1) is 18.7. The maximum absolute atomic E-state index is 14.5. The van der Waals surface area contributed by atoms with Crippen molar-refractivity contribution < 1.29 is 28.3 Å². The van der Waals surface area contributed by atoms with E-state index in [0.29, 0.717) is 11.5 Å². The number of nitrogens with one attached hydrogen (secondary N) is 1. The predicted octanol–water partition coefficient (Wildman–Crippen LogP) is 0.856. The van der Waals surface area contributed by atoms with Crippen LogP contribution in [0.4, 0.5) is 27.5 Å². The van der Waals surface area contributed by atoms with Crippen LogP contribution in [0, 0.1) is 5.82 Å². The molecular weight excluding hydrogens is 513 g/mol. The number of nitrogens with zero attached hydrogens (tertiary/aromatic N) is 7. The lowest BCUT2D eigenvalue weighted by molar-refractivity contribution is -0.165. The van der Waals surface area contributed by atoms with Gasteiger partial charge in [0.25, 0.3) is 11.8 Å². The minimum Gasteiger partial charge on any atom is -0.380 e. The number of nitrogen functional groups attached to an aromatic ring is 1. The van der Waals surface area contributed by atoms with Gasteiger partial charge >= 0.3 is 0 Å². The van der Waals surface area contributed by atoms with Crippen molar-refractivity contribution in [1.82, 2.24) is 25.1 Å². The number of anilines is 4. The average Bonchev–Trinajstić information content (AvgIpc) is 3.51. The van der Waals surface area contributed by atoms with Crippen molar-refractivity contribution in [2.75, 3.05) is 47.1 Å². The van der Waals surface area contributed by atoms with Crippen LogP contribution in [0.15, 0.2) is 41.2 Å². The minimum absolute atomic E-state index is 0.00981. The maximum atomic E-state index is 14.5. The van der Waals surface area contributed by atoms with Crippen molar-refractivity contribution in [3.05, 3.63) is 42.5 Å². The fourth-order valence-electron chi connectivity index (χ4n) is 4.48. The summed E-state index contributed by atoms with van der Waals surface area (Å²) in [7, 11) is 0. The Balaban J connectivity index is 1.19. The van der Waals surface area contributed by atoms with Gasteiger partial charge in [0.15, 0.2) is 34.7 Å². The number of carbonyl (C=O) groups excluding carboxylic acids is 2. The number of morpholine rings is 1. The summed E-state index contributed by atoms with van der Waals surface area (Å²) in [6.07, 6.45) is 2.79. The largest absolute Gasteiger partial charge is 0.380 e. The van der Waals surface area contributed by atoms with Crippen molar-refractivity contribution >= 4 is 45.9 Å². The molecule has 0 saturated carbocycles. The summed E-state index contributed by atoms with van der Waals surface area (Å²) in [6.45, 7) is 3.18. The second kappa shape index (κ2) is 9.28. The van der Waals surface area contributed by atoms with Gasteiger partial charge in [-0.2, -0.15) is 5.10 Å². The predicted molar refractivity (Wildman–Crippen MR) is 136 cm³/mol. The summed E-state index contributed by atoms with van der Waals surface area (Å²) in [5.74, 6) is -1.50. The van der Waals surface area contributed by atoms with Crippen LogP contribution in [-0.4, -0.2) is 80.0 Å². The van der Waals surface area contributed by atoms with Crippen molar-refractivity contribution in [3.8, 4) is 5.69 Å². The summed E-state index contributed by atoms with van der Waals surface area (Å²) >= 11 is 0. The molecule has 6 rings (SSSR count). The number of hydrogen-bond acceptors (Lipinski definition) is 11. The molecule has 202 valence electrons. The molecular formula is C24H24FN9O5. The van der Waals surface area contributed by atoms with E-state index >= 15 is 0 Å². The molecule has 2 atom stereocenters. The van der Waals surface area contributed by atoms with Crippen LogP contribution in [0.1, 0.15) is 13.3 Å². The summed E-state index contributed by atoms with van der Waals surface area (Å²) < 4.78 is 26.5. The van der Waals surface area contributed by atoms with Crippen LogP contribution in [0.2, 0.25) is 0 Å². The molecule has 0 aliphatic carbocycles. The van der Waals surface area contributed by atoms with Crippen molar-refractivity contribution in [2.45, 2.75) is 25.0 Å². The van der Waals surface area contributed by atoms with Gasteiger partial charge in [0, 0.05) is 43.2 Å². The zero-order valence-corrected chi connectivity index (χ0v) is 20.7. The fraction of sp³-hybridized carbons (Fsp3) is 0.333. The second-order valence-corrected chi connectivity index (χ2v) is 9.47. The number of hydrogen-bond donors (Lipinski definition) is 3. The van der Waals surface area contributed by atoms with Crippen molar-refractivity contribution in [2.24, 2.45) is 0 Å². The van der Waals surface area contributed by atoms with Gasteiger partial charge in [-0.15, -0.1) is 10.2 Å². The zero-order chi connectivity index (χ0) is 27.3. The number of halogens is 1. The lowest BCUT2D eigenvalue weighted by atomic mass is 9.95. The Kier molecular flexibility index (Phi) is 5.88. The lowest BCUT2D eigenvalue weighted by Gasteiger charge is -2.37. The molecule has 2 aliphatic rings. The molecule has 39 heavy (non-hydrogen) atoms. The van der Waals surface area contributed by atoms with E-state index in [4.69, 9.17) is 15.0 Å². The van der Waals surface area contributed by atoms with E-state index in [1.807, 2.05) is 6.07 Å². The molecule has 14 nitrogen and oxygen atoms in total. The molecule has 4 aromatic rings. The SMILES string of the molecule is C[C@](O)(C(=O)Nc1cc(F)c2c(N)noc2c1)[C@H]1OCCN(c2ccn(-c3cnnc(N4CCC4)c3)n2)C1=O. The van der Waals surface area contributed by atoms with E-state index < -0.39 is 29.3 Å². The molecule has 15 heteroatoms. The first-order valence-corrected chi connectivity index (χ1v) is 12.2. The summed E-state index contributed by atoms with van der Waals surface area (Å²) in [5, 5.41) is 29.7. The molecule has 0 radical (unpaired) electrons. The number of fused-ring (bicyclic) bond motifs is 1. The van der Waals surface area contributed by atoms with Crippen molar-refractivity contribution in [3.63, 3.8) is 0 Å². The van der Waals surface area contributed by atoms with Gasteiger partial charge in [0.2, 0.25) is 0 Å². The van der Waals surface area contributed by atoms with Crippen molar-refractivity contribution in [1.29, 1.82) is 0 Å². The van der Waals surface area contributed by atoms with Gasteiger partial charge in [0.05, 0.1) is 25.0 Å². The maximum Gasteiger partial charge on any atom is 0.260 e. The van der Waals surface area contributed by atoms with E-state index in [0.717, 1.165) is 38.3 Å². The Morgan fingerprint density at radius 2 is 2.08 bits per heavy atom. The Labute approximate surface area is 220 Å². The molecule has 2 saturated heterocycles. The number of nitrogens with two attached hydrogens (primary N) is 1. The molecule has 0 spiro atoms. The Morgan fingerprint density at radius 3 is 2.85 bits per heavy atom. The first kappa shape index (κ1) is 24.7. The van der Waals surface area contributed by atoms with Crippen LogP contribution in [0.3, 0.4) is 0 Å². The van der Waals surface area contributed by atoms with Gasteiger partial charge in [-0.3, -0.25) is 14.5 Å². The highest BCUT2D eigenvalue weighted by Crippen LogP contribution is 2.29. The van der Waals surface area contributed by atoms with Crippen LogP contribution >= 0.6 is 0 Å². The fourth-order valence-corrected chi connectivity index (χ4v) is 4.48. The van der Waals surface area contributed by atoms with Gasteiger partial charge in [0.1, 0.15) is 11.2 Å². The van der Waals surface area contributed by atoms with E-state index in [2.05, 4.69) is 30.7 Å². The van der Waals surface area contributed by atoms with Gasteiger partial charge in [-0.1, -0.05) is 5.16 Å². The summed E-state index contributed by atoms with van der Waals surface area (Å²) in [5.41, 5.74) is 3.92. The number of rotatable bonds is 6. The van der Waals surface area contributed by atoms with E-state index in [1.165, 1.54) is 11.0 Å². The molecule has 0 unspecified atom stereocenters. The molecule has 1 aromatic carbocycles. The second-order valence-electron chi connectivity index (χ2n) is 9.47. The normalized spacial score (nSPS) is 19.2. The third-order valence-electron chi connectivity index (χ3n) is 6.79. The number of carbonyl (C=O) groups is 2. The molecule has 0 bridgehead atoms. The molecule has 5 heterocycles. The third kappa shape index (κ3) is 4.30. The van der Waals surface area contributed by atoms with E-state index in [1.54, 1.807) is 23.1 Å². The molecule has 3 aromatic heterocycles. The lowest BCUT2D eigenvalue weighted by Crippen LogP contribution is -2.61.